The molecule has 5 N–H and O–H groups in total. The lowest BCUT2D eigenvalue weighted by Crippen LogP contribution is -2.42. The number of carboxylic acid groups (broad SMARTS) is 2. The van der Waals surface area contributed by atoms with E-state index in [2.05, 4.69) is 240 Å². The molecule has 0 amide bonds. The Morgan fingerprint density at radius 1 is 0.364 bits per heavy atom. The van der Waals surface area contributed by atoms with Gasteiger partial charge in [-0.25, -0.2) is 0 Å². The van der Waals surface area contributed by atoms with E-state index in [-0.39, 0.29) is 86.9 Å². The number of aliphatic hydroxyl groups excluding tert-OH is 3. The van der Waals surface area contributed by atoms with Crippen LogP contribution < -0.4 is 0 Å². The first kappa shape index (κ1) is 110. The minimum Gasteiger partial charge on any atom is -0.481 e. The third-order valence-electron chi connectivity index (χ3n) is 30.8. The van der Waals surface area contributed by atoms with Crippen LogP contribution in [0.5, 0.6) is 0 Å². The largest absolute Gasteiger partial charge is 0.481 e. The highest BCUT2D eigenvalue weighted by molar-refractivity contribution is 6.75. The number of carboxylic acids is 2. The van der Waals surface area contributed by atoms with E-state index in [0.717, 1.165) is 201 Å². The summed E-state index contributed by atoms with van der Waals surface area (Å²) in [5.41, 5.74) is 4.14. The van der Waals surface area contributed by atoms with Crippen LogP contribution in [0.15, 0.2) is 115 Å². The average Bonchev–Trinajstić information content (AvgIpc) is 1.63. The Kier molecular flexibility index (Phi) is 53.3. The first-order chi connectivity index (χ1) is 57.8. The molecule has 7 rings (SSSR count). The first-order valence-corrected chi connectivity index (χ1v) is 64.6. The van der Waals surface area contributed by atoms with E-state index in [1.807, 2.05) is 0 Å². The number of hydrogen-bond acceptors (Lipinski definition) is 12. The number of hydrogen-bond donors (Lipinski definition) is 5. The van der Waals surface area contributed by atoms with Crippen LogP contribution in [0.1, 0.15) is 284 Å². The van der Waals surface area contributed by atoms with Gasteiger partial charge in [0.25, 0.3) is 0 Å². The van der Waals surface area contributed by atoms with Crippen LogP contribution in [0.4, 0.5) is 0 Å². The summed E-state index contributed by atoms with van der Waals surface area (Å²) in [6, 6.07) is 53.2. The summed E-state index contributed by atoms with van der Waals surface area (Å²) in [7, 11) is -10.6. The Labute approximate surface area is 747 Å². The van der Waals surface area contributed by atoms with Crippen molar-refractivity contribution in [1.29, 1.82) is 0 Å². The van der Waals surface area contributed by atoms with E-state index in [1.165, 1.54) is 53.0 Å². The normalized spacial score (nSPS) is 23.5. The number of unbranched alkanes of at least 4 members (excludes halogenated alkanes) is 2. The van der Waals surface area contributed by atoms with Gasteiger partial charge in [0.05, 0.1) is 36.6 Å². The molecule has 0 bridgehead atoms. The molecule has 0 spiro atoms. The molecule has 20 heteroatoms. The Balaban J connectivity index is 0.000000381. The maximum atomic E-state index is 11.5. The lowest BCUT2D eigenvalue weighted by atomic mass is 9.85. The fraction of sp³-hybridized carbons (Fsp3) is 0.762. The second kappa shape index (κ2) is 58.5. The molecule has 14 nitrogen and oxygen atoms in total. The summed E-state index contributed by atoms with van der Waals surface area (Å²) in [4.78, 5) is 21.8. The van der Waals surface area contributed by atoms with Crippen molar-refractivity contribution in [3.8, 4) is 0 Å². The highest BCUT2D eigenvalue weighted by Crippen LogP contribution is 2.50. The number of aliphatic hydroxyl groups is 3. The van der Waals surface area contributed by atoms with E-state index in [1.54, 1.807) is 0 Å². The molecule has 1 saturated heterocycles. The van der Waals surface area contributed by atoms with Gasteiger partial charge < -0.3 is 56.8 Å². The molecule has 694 valence electrons. The Hall–Kier alpha value is -3.02. The minimum absolute atomic E-state index is 0. The van der Waals surface area contributed by atoms with Gasteiger partial charge in [-0.3, -0.25) is 9.59 Å². The van der Waals surface area contributed by atoms with Gasteiger partial charge in [0.15, 0.2) is 56.2 Å². The molecule has 121 heavy (non-hydrogen) atoms. The maximum absolute atomic E-state index is 11.5. The van der Waals surface area contributed by atoms with Gasteiger partial charge >= 0.3 is 11.9 Å². The third kappa shape index (κ3) is 35.4. The van der Waals surface area contributed by atoms with Crippen molar-refractivity contribution >= 4 is 61.8 Å². The van der Waals surface area contributed by atoms with Crippen LogP contribution in [0.2, 0.25) is 109 Å². The predicted molar refractivity (Wildman–Crippen MR) is 524 cm³/mol. The van der Waals surface area contributed by atoms with Crippen LogP contribution >= 0.6 is 0 Å². The van der Waals surface area contributed by atoms with Crippen LogP contribution in [0.3, 0.4) is 0 Å². The topological polar surface area (TPSA) is 200 Å². The minimum atomic E-state index is -1.82. The Bertz CT molecular complexity index is 3170. The number of ether oxygens (including phenoxy) is 1. The smallest absolute Gasteiger partial charge is 0.303 e. The van der Waals surface area contributed by atoms with Gasteiger partial charge in [-0.2, -0.15) is 0 Å². The highest BCUT2D eigenvalue weighted by Gasteiger charge is 2.53. The predicted octanol–water partition coefficient (Wildman–Crippen LogP) is 27.3. The SMILES string of the molecule is C.CC[Si](CC)(CC)O[C@@H](CCc1ccccc1)CC[C@@H]1[C@@H](C/C=C\CCCC(=O)O)[C@@H](O)C[C@H]1O[Si](CC)(CC)CC.CC[Si](CC)(CC)O[C@@H](CCc1ccccc1)CC[C@@H]1[C@@H](C/C=C\CCCC(=O)O)[C@@H](O[Si](CC)(CC)CC)C[C@H]1O.CC[Si](CC)(CC)O[C@@H](CCc1ccccc1)CC[C@@H]1[C@H]2CC(O)O[C@H]2C[C@H]1O[Si](CC)(CC)CC. The van der Waals surface area contributed by atoms with E-state index in [0.29, 0.717) is 36.7 Å². The number of aliphatic carboxylic acids is 2. The van der Waals surface area contributed by atoms with Gasteiger partial charge in [-0.1, -0.05) is 247 Å². The molecule has 1 unspecified atom stereocenters. The number of benzene rings is 3. The molecule has 4 fully saturated rings. The van der Waals surface area contributed by atoms with Gasteiger partial charge in [0.1, 0.15) is 0 Å². The highest BCUT2D eigenvalue weighted by atomic mass is 28.4. The summed E-state index contributed by atoms with van der Waals surface area (Å²) in [5, 5.41) is 51.0. The van der Waals surface area contributed by atoms with Crippen LogP contribution in [-0.2, 0) is 60.1 Å². The number of rotatable bonds is 60. The van der Waals surface area contributed by atoms with Gasteiger partial charge in [0, 0.05) is 37.6 Å². The number of aryl methyl sites for hydroxylation is 3. The van der Waals surface area contributed by atoms with E-state index in [9.17, 15) is 24.9 Å². The lowest BCUT2D eigenvalue weighted by Gasteiger charge is -2.37. The number of fused-ring (bicyclic) bond motifs is 1. The first-order valence-electron chi connectivity index (χ1n) is 49.4. The van der Waals surface area contributed by atoms with Crippen LogP contribution in [0.25, 0.3) is 0 Å². The van der Waals surface area contributed by atoms with Crippen LogP contribution in [-0.4, -0.2) is 149 Å². The summed E-state index contributed by atoms with van der Waals surface area (Å²) in [6.07, 6.45) is 29.3. The average molecular weight is 1790 g/mol. The van der Waals surface area contributed by atoms with Crippen molar-refractivity contribution in [2.45, 2.75) is 456 Å². The fourth-order valence-corrected chi connectivity index (χ4v) is 38.6. The molecular weight excluding hydrogens is 1610 g/mol. The van der Waals surface area contributed by atoms with Crippen molar-refractivity contribution in [2.24, 2.45) is 35.5 Å². The van der Waals surface area contributed by atoms with Gasteiger partial charge in [-0.15, -0.1) is 0 Å². The summed E-state index contributed by atoms with van der Waals surface area (Å²) >= 11 is 0. The fourth-order valence-electron chi connectivity index (χ4n) is 21.0. The molecule has 16 atom stereocenters. The van der Waals surface area contributed by atoms with E-state index in [4.69, 9.17) is 41.5 Å². The van der Waals surface area contributed by atoms with Crippen molar-refractivity contribution in [2.75, 3.05) is 0 Å². The molecule has 3 aliphatic carbocycles. The van der Waals surface area contributed by atoms with Gasteiger partial charge in [-0.05, 0) is 296 Å². The van der Waals surface area contributed by atoms with Crippen LogP contribution in [0, 0.1) is 35.5 Å². The molecular formula is C101H182O14Si6. The lowest BCUT2D eigenvalue weighted by molar-refractivity contribution is -0.138. The second-order valence-electron chi connectivity index (χ2n) is 36.6. The van der Waals surface area contributed by atoms with Crippen molar-refractivity contribution < 1.29 is 66.4 Å². The summed E-state index contributed by atoms with van der Waals surface area (Å²) in [5.74, 6) is 0.367. The van der Waals surface area contributed by atoms with E-state index >= 15 is 0 Å². The standard InChI is InChI=1S/2C35H62O5Si2.C30H54O4Si2.CH4/c1-7-41(8-2,9-3)39-30(25-24-29-20-16-15-17-21-29)26-27-31-32(22-18-13-14-19-23-35(37)38)34(28-33(31)36)40-42(10-4,11-5)12-6;1-7-41(8-2,9-3)39-30(25-24-29-20-16-15-17-21-29)26-27-32-31(22-18-13-14-19-23-35(37)38)33(36)28-34(32)40-42(10-4,11-5)12-6;1-7-35(8-2,9-3)33-25(19-18-24-16-14-13-15-17-24)20-21-26-27-22-30(31)32-28(27)23-29(26)34-36(10-4,11-5)12-6;/h2*13,15-18,20-21,30-34,36H,7-12,14,19,22-28H2,1-6H3,(H,37,38);13-17,25-31H,7-12,18-23H2,1-6H3;1H4/b2*18-13-;;/t30-,31+,32+,33+,34-;30-,31+,32+,33-,34+;25-,26+,27+,28-,29+,30?;/m000./s1. The maximum Gasteiger partial charge on any atom is 0.303 e. The van der Waals surface area contributed by atoms with Crippen molar-refractivity contribution in [1.82, 2.24) is 0 Å². The summed E-state index contributed by atoms with van der Waals surface area (Å²) < 4.78 is 48.6. The van der Waals surface area contributed by atoms with Gasteiger partial charge in [0.2, 0.25) is 0 Å². The zero-order chi connectivity index (χ0) is 88.2. The molecule has 1 heterocycles. The zero-order valence-corrected chi connectivity index (χ0v) is 85.3. The molecule has 3 aromatic carbocycles. The monoisotopic (exact) mass is 1790 g/mol. The molecule has 0 radical (unpaired) electrons. The number of allylic oxidation sites excluding steroid dienone is 4. The Morgan fingerprint density at radius 2 is 0.653 bits per heavy atom. The molecule has 4 aliphatic rings. The van der Waals surface area contributed by atoms with Crippen molar-refractivity contribution in [3.05, 3.63) is 132 Å². The quantitative estimate of drug-likeness (QED) is 0.0203. The molecule has 3 saturated carbocycles. The second-order valence-corrected chi connectivity index (χ2v) is 65.0. The zero-order valence-electron chi connectivity index (χ0n) is 79.3. The van der Waals surface area contributed by atoms with E-state index < -0.39 is 68.1 Å². The van der Waals surface area contributed by atoms with Crippen molar-refractivity contribution in [3.63, 3.8) is 0 Å². The molecule has 1 aliphatic heterocycles. The summed E-state index contributed by atoms with van der Waals surface area (Å²) in [6.45, 7) is 41.5. The molecule has 0 aromatic heterocycles. The number of carbonyl (C=O) groups is 2. The Morgan fingerprint density at radius 3 is 0.975 bits per heavy atom. The molecule has 3 aromatic rings. The third-order valence-corrected chi connectivity index (χ3v) is 58.9.